The second kappa shape index (κ2) is 7.10. The first-order chi connectivity index (χ1) is 13.5. The SMILES string of the molecule is CCn1nc2n(c1=O)CCN(C(=O)Cc1c(C)noc1C)C2c1ccccc1. The summed E-state index contributed by atoms with van der Waals surface area (Å²) in [6.07, 6.45) is 0.212. The van der Waals surface area contributed by atoms with Gasteiger partial charge in [0, 0.05) is 25.2 Å². The summed E-state index contributed by atoms with van der Waals surface area (Å²) in [6.45, 7) is 6.92. The molecule has 0 N–H and O–H groups in total. The number of hydrogen-bond acceptors (Lipinski definition) is 5. The Bertz CT molecular complexity index is 1040. The maximum Gasteiger partial charge on any atom is 0.346 e. The molecule has 0 saturated heterocycles. The van der Waals surface area contributed by atoms with Crippen molar-refractivity contribution in [1.82, 2.24) is 24.4 Å². The van der Waals surface area contributed by atoms with Crippen molar-refractivity contribution < 1.29 is 9.32 Å². The number of hydrogen-bond donors (Lipinski definition) is 0. The predicted octanol–water partition coefficient (Wildman–Crippen LogP) is 1.84. The molecule has 0 spiro atoms. The molecule has 28 heavy (non-hydrogen) atoms. The third kappa shape index (κ3) is 2.94. The molecule has 3 heterocycles. The Morgan fingerprint density at radius 3 is 2.61 bits per heavy atom. The lowest BCUT2D eigenvalue weighted by molar-refractivity contribution is -0.133. The zero-order valence-corrected chi connectivity index (χ0v) is 16.3. The Labute approximate surface area is 162 Å². The van der Waals surface area contributed by atoms with Gasteiger partial charge in [-0.3, -0.25) is 9.36 Å². The highest BCUT2D eigenvalue weighted by Gasteiger charge is 2.36. The smallest absolute Gasteiger partial charge is 0.346 e. The van der Waals surface area contributed by atoms with Gasteiger partial charge in [-0.2, -0.15) is 5.10 Å². The highest BCUT2D eigenvalue weighted by Crippen LogP contribution is 2.31. The number of carbonyl (C=O) groups excluding carboxylic acids is 1. The van der Waals surface area contributed by atoms with E-state index in [-0.39, 0.29) is 18.0 Å². The quantitative estimate of drug-likeness (QED) is 0.688. The van der Waals surface area contributed by atoms with Crippen LogP contribution in [0, 0.1) is 13.8 Å². The van der Waals surface area contributed by atoms with Gasteiger partial charge in [0.1, 0.15) is 11.8 Å². The van der Waals surface area contributed by atoms with Crippen molar-refractivity contribution in [3.05, 3.63) is 69.2 Å². The molecule has 1 aliphatic rings. The molecule has 1 aromatic carbocycles. The van der Waals surface area contributed by atoms with E-state index in [9.17, 15) is 9.59 Å². The summed E-state index contributed by atoms with van der Waals surface area (Å²) in [6, 6.07) is 9.32. The number of nitrogens with zero attached hydrogens (tertiary/aromatic N) is 5. The maximum absolute atomic E-state index is 13.3. The van der Waals surface area contributed by atoms with Crippen LogP contribution in [0.4, 0.5) is 0 Å². The molecule has 3 aromatic rings. The summed E-state index contributed by atoms with van der Waals surface area (Å²) in [5.74, 6) is 1.23. The Morgan fingerprint density at radius 1 is 1.21 bits per heavy atom. The Kier molecular flexibility index (Phi) is 4.62. The molecule has 1 amide bonds. The summed E-state index contributed by atoms with van der Waals surface area (Å²) in [4.78, 5) is 27.7. The molecular weight excluding hydrogens is 358 g/mol. The minimum atomic E-state index is -0.400. The van der Waals surface area contributed by atoms with Crippen molar-refractivity contribution >= 4 is 5.91 Å². The second-order valence-corrected chi connectivity index (χ2v) is 6.99. The fraction of sp³-hybridized carbons (Fsp3) is 0.400. The minimum absolute atomic E-state index is 0.0343. The third-order valence-corrected chi connectivity index (χ3v) is 5.32. The second-order valence-electron chi connectivity index (χ2n) is 6.99. The first kappa shape index (κ1) is 18.2. The summed E-state index contributed by atoms with van der Waals surface area (Å²) < 4.78 is 8.34. The maximum atomic E-state index is 13.3. The highest BCUT2D eigenvalue weighted by molar-refractivity contribution is 5.80. The lowest BCUT2D eigenvalue weighted by Gasteiger charge is -2.35. The van der Waals surface area contributed by atoms with E-state index in [4.69, 9.17) is 4.52 Å². The molecule has 0 fully saturated rings. The van der Waals surface area contributed by atoms with Gasteiger partial charge in [0.15, 0.2) is 5.82 Å². The van der Waals surface area contributed by atoms with Crippen LogP contribution in [0.5, 0.6) is 0 Å². The molecule has 8 heteroatoms. The van der Waals surface area contributed by atoms with E-state index in [1.54, 1.807) is 4.57 Å². The van der Waals surface area contributed by atoms with Crippen LogP contribution >= 0.6 is 0 Å². The fourth-order valence-electron chi connectivity index (χ4n) is 3.79. The number of aryl methyl sites for hydroxylation is 3. The highest BCUT2D eigenvalue weighted by atomic mass is 16.5. The summed E-state index contributed by atoms with van der Waals surface area (Å²) in [5, 5.41) is 8.48. The van der Waals surface area contributed by atoms with Crippen molar-refractivity contribution in [2.24, 2.45) is 0 Å². The van der Waals surface area contributed by atoms with Crippen LogP contribution in [0.3, 0.4) is 0 Å². The van der Waals surface area contributed by atoms with E-state index in [1.807, 2.05) is 56.0 Å². The number of benzene rings is 1. The number of aromatic nitrogens is 4. The van der Waals surface area contributed by atoms with Gasteiger partial charge < -0.3 is 9.42 Å². The molecular formula is C20H23N5O3. The lowest BCUT2D eigenvalue weighted by atomic mass is 10.0. The van der Waals surface area contributed by atoms with Gasteiger partial charge in [-0.05, 0) is 26.3 Å². The summed E-state index contributed by atoms with van der Waals surface area (Å²) >= 11 is 0. The van der Waals surface area contributed by atoms with Gasteiger partial charge in [0.05, 0.1) is 12.1 Å². The number of amides is 1. The van der Waals surface area contributed by atoms with E-state index in [1.165, 1.54) is 4.68 Å². The van der Waals surface area contributed by atoms with Crippen LogP contribution in [-0.2, 0) is 24.3 Å². The van der Waals surface area contributed by atoms with Gasteiger partial charge in [-0.1, -0.05) is 35.5 Å². The molecule has 0 radical (unpaired) electrons. The zero-order chi connectivity index (χ0) is 19.8. The van der Waals surface area contributed by atoms with Crippen LogP contribution in [0.2, 0.25) is 0 Å². The van der Waals surface area contributed by atoms with Crippen LogP contribution in [0.25, 0.3) is 0 Å². The van der Waals surface area contributed by atoms with E-state index in [0.717, 1.165) is 16.8 Å². The van der Waals surface area contributed by atoms with Crippen molar-refractivity contribution in [2.45, 2.75) is 46.3 Å². The first-order valence-corrected chi connectivity index (χ1v) is 9.45. The van der Waals surface area contributed by atoms with Gasteiger partial charge in [-0.15, -0.1) is 0 Å². The van der Waals surface area contributed by atoms with E-state index >= 15 is 0 Å². The Hall–Kier alpha value is -3.16. The van der Waals surface area contributed by atoms with E-state index < -0.39 is 6.04 Å². The zero-order valence-electron chi connectivity index (χ0n) is 16.3. The van der Waals surface area contributed by atoms with Crippen LogP contribution in [0.15, 0.2) is 39.6 Å². The van der Waals surface area contributed by atoms with Crippen molar-refractivity contribution in [2.75, 3.05) is 6.54 Å². The number of carbonyl (C=O) groups is 1. The predicted molar refractivity (Wildman–Crippen MR) is 102 cm³/mol. The molecule has 0 aliphatic carbocycles. The monoisotopic (exact) mass is 381 g/mol. The van der Waals surface area contributed by atoms with Crippen molar-refractivity contribution in [3.8, 4) is 0 Å². The van der Waals surface area contributed by atoms with E-state index in [2.05, 4.69) is 10.3 Å². The standard InChI is InChI=1S/C20H23N5O3/c1-4-25-20(27)24-11-10-23(17(26)12-16-13(2)22-28-14(16)3)18(19(24)21-25)15-8-6-5-7-9-15/h5-9,18H,4,10-12H2,1-3H3. The fourth-order valence-corrected chi connectivity index (χ4v) is 3.79. The molecule has 146 valence electrons. The lowest BCUT2D eigenvalue weighted by Crippen LogP contribution is -2.45. The molecule has 4 rings (SSSR count). The largest absolute Gasteiger partial charge is 0.361 e. The van der Waals surface area contributed by atoms with Crippen LogP contribution < -0.4 is 5.69 Å². The van der Waals surface area contributed by atoms with Gasteiger partial charge in [0.2, 0.25) is 5.91 Å². The normalized spacial score (nSPS) is 16.2. The minimum Gasteiger partial charge on any atom is -0.361 e. The Balaban J connectivity index is 1.76. The molecule has 0 saturated carbocycles. The molecule has 2 aromatic heterocycles. The average Bonchev–Trinajstić information content (AvgIpc) is 3.21. The molecule has 0 bridgehead atoms. The Morgan fingerprint density at radius 2 is 1.96 bits per heavy atom. The van der Waals surface area contributed by atoms with Crippen molar-refractivity contribution in [3.63, 3.8) is 0 Å². The molecule has 1 atom stereocenters. The average molecular weight is 381 g/mol. The summed E-state index contributed by atoms with van der Waals surface area (Å²) in [5.41, 5.74) is 2.35. The molecule has 1 aliphatic heterocycles. The van der Waals surface area contributed by atoms with Crippen LogP contribution in [-0.4, -0.2) is 36.9 Å². The first-order valence-electron chi connectivity index (χ1n) is 9.45. The number of fused-ring (bicyclic) bond motifs is 1. The topological polar surface area (TPSA) is 86.2 Å². The van der Waals surface area contributed by atoms with E-state index in [0.29, 0.717) is 31.2 Å². The summed E-state index contributed by atoms with van der Waals surface area (Å²) in [7, 11) is 0. The molecule has 8 nitrogen and oxygen atoms in total. The van der Waals surface area contributed by atoms with Gasteiger partial charge >= 0.3 is 5.69 Å². The van der Waals surface area contributed by atoms with Gasteiger partial charge in [-0.25, -0.2) is 9.48 Å². The third-order valence-electron chi connectivity index (χ3n) is 5.32. The van der Waals surface area contributed by atoms with Crippen LogP contribution in [0.1, 0.15) is 41.4 Å². The molecule has 1 unspecified atom stereocenters. The van der Waals surface area contributed by atoms with Gasteiger partial charge in [0.25, 0.3) is 0 Å². The number of rotatable bonds is 4. The van der Waals surface area contributed by atoms with Crippen molar-refractivity contribution in [1.29, 1.82) is 0 Å².